The van der Waals surface area contributed by atoms with E-state index < -0.39 is 10.0 Å². The molecular weight excluding hydrogens is 334 g/mol. The molecule has 0 spiro atoms. The minimum atomic E-state index is -3.49. The molecule has 0 saturated heterocycles. The molecule has 1 N–H and O–H groups in total. The zero-order valence-corrected chi connectivity index (χ0v) is 16.0. The van der Waals surface area contributed by atoms with E-state index in [2.05, 4.69) is 11.6 Å². The first-order valence-electron chi connectivity index (χ1n) is 9.65. The number of sulfonamides is 1. The van der Waals surface area contributed by atoms with Crippen LogP contribution >= 0.6 is 0 Å². The molecule has 0 amide bonds. The Hall–Kier alpha value is -1.07. The maximum absolute atomic E-state index is 12.9. The van der Waals surface area contributed by atoms with Crippen LogP contribution in [0.1, 0.15) is 52.4 Å². The second-order valence-corrected chi connectivity index (χ2v) is 10.2. The third-order valence-electron chi connectivity index (χ3n) is 6.78. The average Bonchev–Trinajstić information content (AvgIpc) is 2.54. The summed E-state index contributed by atoms with van der Waals surface area (Å²) in [5.74, 6) is 3.17. The molecule has 4 bridgehead atoms. The van der Waals surface area contributed by atoms with Gasteiger partial charge in [0, 0.05) is 6.04 Å². The fourth-order valence-electron chi connectivity index (χ4n) is 6.02. The van der Waals surface area contributed by atoms with Gasteiger partial charge >= 0.3 is 0 Å². The first kappa shape index (κ1) is 17.3. The molecule has 4 saturated carbocycles. The summed E-state index contributed by atoms with van der Waals surface area (Å²) >= 11 is 0. The van der Waals surface area contributed by atoms with Crippen molar-refractivity contribution in [1.29, 1.82) is 0 Å². The van der Waals surface area contributed by atoms with E-state index in [-0.39, 0.29) is 11.5 Å². The molecule has 0 radical (unpaired) electrons. The third kappa shape index (κ3) is 3.21. The van der Waals surface area contributed by atoms with Crippen molar-refractivity contribution in [2.24, 2.45) is 23.2 Å². The van der Waals surface area contributed by atoms with Gasteiger partial charge in [-0.15, -0.1) is 0 Å². The van der Waals surface area contributed by atoms with Crippen LogP contribution in [-0.2, 0) is 10.0 Å². The Labute approximate surface area is 151 Å². The minimum absolute atomic E-state index is 0.00234. The van der Waals surface area contributed by atoms with E-state index in [0.29, 0.717) is 17.3 Å². The first-order chi connectivity index (χ1) is 11.9. The van der Waals surface area contributed by atoms with Gasteiger partial charge < -0.3 is 4.74 Å². The molecule has 0 aromatic heterocycles. The van der Waals surface area contributed by atoms with Crippen LogP contribution in [0.5, 0.6) is 5.75 Å². The normalized spacial score (nSPS) is 34.9. The number of ether oxygens (including phenoxy) is 1. The van der Waals surface area contributed by atoms with E-state index >= 15 is 0 Å². The summed E-state index contributed by atoms with van der Waals surface area (Å²) in [7, 11) is -3.49. The van der Waals surface area contributed by atoms with Gasteiger partial charge in [0.25, 0.3) is 0 Å². The van der Waals surface area contributed by atoms with Gasteiger partial charge in [-0.1, -0.05) is 0 Å². The number of nitrogens with one attached hydrogen (secondary N) is 1. The summed E-state index contributed by atoms with van der Waals surface area (Å²) in [6, 6.07) is 6.73. The summed E-state index contributed by atoms with van der Waals surface area (Å²) in [5, 5.41) is 0. The average molecular weight is 364 g/mol. The Kier molecular flexibility index (Phi) is 4.35. The summed E-state index contributed by atoms with van der Waals surface area (Å²) in [4.78, 5) is 0.326. The summed E-state index contributed by atoms with van der Waals surface area (Å²) in [6.45, 7) is 4.58. The molecule has 4 aliphatic carbocycles. The number of hydrogen-bond donors (Lipinski definition) is 1. The van der Waals surface area contributed by atoms with Crippen molar-refractivity contribution >= 4 is 10.0 Å². The topological polar surface area (TPSA) is 55.4 Å². The fraction of sp³-hybridized carbons (Fsp3) is 0.700. The van der Waals surface area contributed by atoms with Crippen LogP contribution in [0.25, 0.3) is 0 Å². The lowest BCUT2D eigenvalue weighted by Gasteiger charge is -2.59. The maximum Gasteiger partial charge on any atom is 0.240 e. The Morgan fingerprint density at radius 3 is 2.08 bits per heavy atom. The van der Waals surface area contributed by atoms with Crippen LogP contribution < -0.4 is 9.46 Å². The zero-order valence-electron chi connectivity index (χ0n) is 15.2. The molecule has 1 aromatic carbocycles. The number of rotatable bonds is 6. The number of hydrogen-bond acceptors (Lipinski definition) is 3. The maximum atomic E-state index is 12.9. The fourth-order valence-corrected chi connectivity index (χ4v) is 7.36. The van der Waals surface area contributed by atoms with E-state index in [4.69, 9.17) is 4.74 Å². The first-order valence-corrected chi connectivity index (χ1v) is 11.1. The molecule has 4 fully saturated rings. The molecule has 1 aromatic rings. The summed E-state index contributed by atoms with van der Waals surface area (Å²) < 4.78 is 34.1. The largest absolute Gasteiger partial charge is 0.494 e. The molecule has 5 heteroatoms. The molecule has 0 aliphatic heterocycles. The van der Waals surface area contributed by atoms with Crippen LogP contribution in [0.3, 0.4) is 0 Å². The predicted octanol–water partition coefficient (Wildman–Crippen LogP) is 3.97. The second kappa shape index (κ2) is 6.27. The van der Waals surface area contributed by atoms with Crippen molar-refractivity contribution in [2.45, 2.75) is 63.3 Å². The lowest BCUT2D eigenvalue weighted by molar-refractivity contribution is -0.0666. The molecular formula is C20H29NO3S. The summed E-state index contributed by atoms with van der Waals surface area (Å²) in [5.41, 5.74) is 0.174. The van der Waals surface area contributed by atoms with E-state index in [1.165, 1.54) is 38.5 Å². The highest BCUT2D eigenvalue weighted by Gasteiger charge is 2.53. The van der Waals surface area contributed by atoms with Crippen LogP contribution in [0, 0.1) is 23.2 Å². The van der Waals surface area contributed by atoms with Gasteiger partial charge in [0.1, 0.15) is 5.75 Å². The molecule has 138 valence electrons. The van der Waals surface area contributed by atoms with Crippen LogP contribution in [0.2, 0.25) is 0 Å². The summed E-state index contributed by atoms with van der Waals surface area (Å²) in [6.07, 6.45) is 7.72. The predicted molar refractivity (Wildman–Crippen MR) is 98.0 cm³/mol. The van der Waals surface area contributed by atoms with E-state index in [0.717, 1.165) is 17.8 Å². The van der Waals surface area contributed by atoms with Crippen molar-refractivity contribution in [3.05, 3.63) is 24.3 Å². The van der Waals surface area contributed by atoms with E-state index in [1.807, 2.05) is 6.92 Å². The highest BCUT2D eigenvalue weighted by molar-refractivity contribution is 7.89. The highest BCUT2D eigenvalue weighted by Crippen LogP contribution is 2.61. The van der Waals surface area contributed by atoms with Crippen LogP contribution in [0.4, 0.5) is 0 Å². The van der Waals surface area contributed by atoms with Crippen molar-refractivity contribution in [3.63, 3.8) is 0 Å². The molecule has 0 heterocycles. The van der Waals surface area contributed by atoms with Gasteiger partial charge in [-0.05, 0) is 99.8 Å². The Balaban J connectivity index is 1.50. The highest BCUT2D eigenvalue weighted by atomic mass is 32.2. The molecule has 1 atom stereocenters. The van der Waals surface area contributed by atoms with Crippen molar-refractivity contribution in [2.75, 3.05) is 6.61 Å². The molecule has 5 rings (SSSR count). The number of benzene rings is 1. The Morgan fingerprint density at radius 2 is 1.60 bits per heavy atom. The van der Waals surface area contributed by atoms with E-state index in [1.54, 1.807) is 24.3 Å². The molecule has 25 heavy (non-hydrogen) atoms. The Bertz CT molecular complexity index is 691. The van der Waals surface area contributed by atoms with Crippen LogP contribution in [0.15, 0.2) is 29.2 Å². The van der Waals surface area contributed by atoms with Gasteiger partial charge in [0.05, 0.1) is 11.5 Å². The lowest BCUT2D eigenvalue weighted by Crippen LogP contribution is -2.55. The monoisotopic (exact) mass is 363 g/mol. The van der Waals surface area contributed by atoms with Crippen molar-refractivity contribution < 1.29 is 13.2 Å². The smallest absolute Gasteiger partial charge is 0.240 e. The third-order valence-corrected chi connectivity index (χ3v) is 8.34. The standard InChI is InChI=1S/C20H29NO3S/c1-3-24-18-4-6-19(7-5-18)25(22,23)21-14(2)20-11-15-8-16(12-20)10-17(9-15)13-20/h4-7,14-17,21H,3,8-13H2,1-2H3. The van der Waals surface area contributed by atoms with Crippen molar-refractivity contribution in [1.82, 2.24) is 4.72 Å². The second-order valence-electron chi connectivity index (χ2n) is 8.53. The van der Waals surface area contributed by atoms with Gasteiger partial charge in [0.2, 0.25) is 10.0 Å². The molecule has 4 nitrogen and oxygen atoms in total. The Morgan fingerprint density at radius 1 is 1.08 bits per heavy atom. The van der Waals surface area contributed by atoms with Gasteiger partial charge in [-0.2, -0.15) is 0 Å². The zero-order chi connectivity index (χ0) is 17.7. The lowest BCUT2D eigenvalue weighted by atomic mass is 9.48. The molecule has 4 aliphatic rings. The minimum Gasteiger partial charge on any atom is -0.494 e. The van der Waals surface area contributed by atoms with Crippen molar-refractivity contribution in [3.8, 4) is 5.75 Å². The SMILES string of the molecule is CCOc1ccc(S(=O)(=O)NC(C)C23CC4CC(CC(C4)C2)C3)cc1. The van der Waals surface area contributed by atoms with E-state index in [9.17, 15) is 8.42 Å². The van der Waals surface area contributed by atoms with Crippen LogP contribution in [-0.4, -0.2) is 21.1 Å². The van der Waals surface area contributed by atoms with Gasteiger partial charge in [-0.25, -0.2) is 13.1 Å². The van der Waals surface area contributed by atoms with Gasteiger partial charge in [-0.3, -0.25) is 0 Å². The van der Waals surface area contributed by atoms with Gasteiger partial charge in [0.15, 0.2) is 0 Å². The quantitative estimate of drug-likeness (QED) is 0.832. The molecule has 1 unspecified atom stereocenters.